The molecule has 0 spiro atoms. The van der Waals surface area contributed by atoms with E-state index in [2.05, 4.69) is 10.0 Å². The number of para-hydroxylation sites is 1. The van der Waals surface area contributed by atoms with Crippen LogP contribution in [0.25, 0.3) is 0 Å². The summed E-state index contributed by atoms with van der Waals surface area (Å²) in [6.45, 7) is 1.31. The lowest BCUT2D eigenvalue weighted by atomic mass is 10.00. The summed E-state index contributed by atoms with van der Waals surface area (Å²) in [5.41, 5.74) is 1.12. The van der Waals surface area contributed by atoms with Crippen LogP contribution in [0.2, 0.25) is 5.02 Å². The van der Waals surface area contributed by atoms with Crippen molar-refractivity contribution in [1.29, 1.82) is 0 Å². The minimum Gasteiger partial charge on any atom is -0.493 e. The summed E-state index contributed by atoms with van der Waals surface area (Å²) in [5.74, 6) is 0.371. The maximum absolute atomic E-state index is 12.8. The summed E-state index contributed by atoms with van der Waals surface area (Å²) in [6, 6.07) is 11.6. The van der Waals surface area contributed by atoms with Gasteiger partial charge in [-0.15, -0.1) is 0 Å². The Morgan fingerprint density at radius 1 is 1.13 bits per heavy atom. The number of hydrogen-bond donors (Lipinski definition) is 2. The van der Waals surface area contributed by atoms with Gasteiger partial charge in [0.15, 0.2) is 0 Å². The molecule has 30 heavy (non-hydrogen) atoms. The number of rotatable bonds is 6. The van der Waals surface area contributed by atoms with Crippen molar-refractivity contribution in [1.82, 2.24) is 10.0 Å². The Bertz CT molecular complexity index is 1040. The van der Waals surface area contributed by atoms with E-state index in [9.17, 15) is 13.2 Å². The topological polar surface area (TPSA) is 93.7 Å². The minimum absolute atomic E-state index is 0.0582. The number of sulfonamides is 1. The quantitative estimate of drug-likeness (QED) is 0.705. The Balaban J connectivity index is 1.50. The van der Waals surface area contributed by atoms with Gasteiger partial charge >= 0.3 is 0 Å². The third-order valence-corrected chi connectivity index (χ3v) is 7.18. The SMILES string of the molecule is O=C(N[C@@H]1CCOc2ccccc21)c1ccc(Cl)c(S(=O)(=O)NC[C@@H]2CCCO2)c1. The van der Waals surface area contributed by atoms with Gasteiger partial charge < -0.3 is 14.8 Å². The molecule has 2 atom stereocenters. The van der Waals surface area contributed by atoms with E-state index in [0.29, 0.717) is 19.6 Å². The molecule has 0 bridgehead atoms. The molecule has 0 aliphatic carbocycles. The molecule has 1 fully saturated rings. The largest absolute Gasteiger partial charge is 0.493 e. The monoisotopic (exact) mass is 450 g/mol. The van der Waals surface area contributed by atoms with Crippen LogP contribution in [0.1, 0.15) is 41.2 Å². The third kappa shape index (κ3) is 4.62. The van der Waals surface area contributed by atoms with Gasteiger partial charge in [-0.1, -0.05) is 29.8 Å². The summed E-state index contributed by atoms with van der Waals surface area (Å²) in [6.07, 6.45) is 2.21. The molecule has 2 aliphatic rings. The zero-order valence-electron chi connectivity index (χ0n) is 16.3. The van der Waals surface area contributed by atoms with Crippen LogP contribution in [-0.2, 0) is 14.8 Å². The van der Waals surface area contributed by atoms with Crippen molar-refractivity contribution in [2.45, 2.75) is 36.3 Å². The van der Waals surface area contributed by atoms with Crippen LogP contribution >= 0.6 is 11.6 Å². The zero-order valence-corrected chi connectivity index (χ0v) is 17.8. The van der Waals surface area contributed by atoms with Crippen LogP contribution in [0.5, 0.6) is 5.75 Å². The number of nitrogens with one attached hydrogen (secondary N) is 2. The summed E-state index contributed by atoms with van der Waals surface area (Å²) >= 11 is 6.14. The van der Waals surface area contributed by atoms with E-state index in [0.717, 1.165) is 24.2 Å². The first kappa shape index (κ1) is 21.1. The average molecular weight is 451 g/mol. The maximum Gasteiger partial charge on any atom is 0.251 e. The second kappa shape index (κ2) is 8.93. The number of carbonyl (C=O) groups excluding carboxylic acids is 1. The lowest BCUT2D eigenvalue weighted by Gasteiger charge is -2.26. The van der Waals surface area contributed by atoms with Crippen LogP contribution in [-0.4, -0.2) is 40.2 Å². The molecule has 160 valence electrons. The van der Waals surface area contributed by atoms with Gasteiger partial charge in [0.25, 0.3) is 5.91 Å². The van der Waals surface area contributed by atoms with Gasteiger partial charge in [-0.05, 0) is 37.1 Å². The van der Waals surface area contributed by atoms with Crippen LogP contribution in [0.3, 0.4) is 0 Å². The molecule has 0 aromatic heterocycles. The first-order valence-corrected chi connectivity index (χ1v) is 11.7. The van der Waals surface area contributed by atoms with Crippen molar-refractivity contribution >= 4 is 27.5 Å². The second-order valence-electron chi connectivity index (χ2n) is 7.33. The molecule has 7 nitrogen and oxygen atoms in total. The van der Waals surface area contributed by atoms with E-state index in [-0.39, 0.29) is 40.1 Å². The Kier molecular flexibility index (Phi) is 6.29. The fourth-order valence-corrected chi connectivity index (χ4v) is 5.26. The van der Waals surface area contributed by atoms with Gasteiger partial charge in [-0.25, -0.2) is 13.1 Å². The van der Waals surface area contributed by atoms with Gasteiger partial charge in [0, 0.05) is 30.7 Å². The highest BCUT2D eigenvalue weighted by molar-refractivity contribution is 7.89. The number of benzene rings is 2. The Morgan fingerprint density at radius 3 is 2.77 bits per heavy atom. The number of hydrogen-bond acceptors (Lipinski definition) is 5. The van der Waals surface area contributed by atoms with E-state index in [1.54, 1.807) is 0 Å². The van der Waals surface area contributed by atoms with Crippen molar-refractivity contribution in [2.75, 3.05) is 19.8 Å². The first-order valence-electron chi connectivity index (χ1n) is 9.87. The molecular formula is C21H23ClN2O5S. The molecule has 2 aromatic rings. The smallest absolute Gasteiger partial charge is 0.251 e. The molecule has 2 heterocycles. The minimum atomic E-state index is -3.88. The maximum atomic E-state index is 12.8. The van der Waals surface area contributed by atoms with Gasteiger partial charge in [-0.3, -0.25) is 4.79 Å². The van der Waals surface area contributed by atoms with Crippen molar-refractivity contribution < 1.29 is 22.7 Å². The molecule has 2 N–H and O–H groups in total. The lowest BCUT2D eigenvalue weighted by molar-refractivity contribution is 0.0924. The van der Waals surface area contributed by atoms with Crippen molar-refractivity contribution in [3.63, 3.8) is 0 Å². The Morgan fingerprint density at radius 2 is 1.97 bits per heavy atom. The number of amides is 1. The number of fused-ring (bicyclic) bond motifs is 1. The van der Waals surface area contributed by atoms with Gasteiger partial charge in [0.1, 0.15) is 10.6 Å². The molecule has 0 saturated carbocycles. The highest BCUT2D eigenvalue weighted by atomic mass is 35.5. The normalized spacial score (nSPS) is 21.0. The molecule has 2 aromatic carbocycles. The summed E-state index contributed by atoms with van der Waals surface area (Å²) < 4.78 is 39.1. The van der Waals surface area contributed by atoms with E-state index in [1.165, 1.54) is 18.2 Å². The fourth-order valence-electron chi connectivity index (χ4n) is 3.67. The first-order chi connectivity index (χ1) is 14.4. The van der Waals surface area contributed by atoms with E-state index in [1.807, 2.05) is 24.3 Å². The molecule has 2 aliphatic heterocycles. The average Bonchev–Trinajstić information content (AvgIpc) is 3.26. The molecule has 4 rings (SSSR count). The molecular weight excluding hydrogens is 428 g/mol. The zero-order chi connectivity index (χ0) is 21.1. The molecule has 9 heteroatoms. The standard InChI is InChI=1S/C21H23ClN2O5S/c22-17-8-7-14(12-20(17)30(26,27)23-13-15-4-3-10-28-15)21(25)24-18-9-11-29-19-6-2-1-5-16(18)19/h1-2,5-8,12,15,18,23H,3-4,9-11,13H2,(H,24,25)/t15-,18+/m0/s1. The molecule has 1 saturated heterocycles. The van der Waals surface area contributed by atoms with Crippen molar-refractivity contribution in [3.05, 3.63) is 58.6 Å². The van der Waals surface area contributed by atoms with Gasteiger partial charge in [0.2, 0.25) is 10.0 Å². The van der Waals surface area contributed by atoms with Crippen molar-refractivity contribution in [3.8, 4) is 5.75 Å². The highest BCUT2D eigenvalue weighted by Crippen LogP contribution is 2.32. The van der Waals surface area contributed by atoms with Gasteiger partial charge in [-0.2, -0.15) is 0 Å². The predicted molar refractivity (Wildman–Crippen MR) is 112 cm³/mol. The second-order valence-corrected chi connectivity index (χ2v) is 9.48. The predicted octanol–water partition coefficient (Wildman–Crippen LogP) is 3.05. The summed E-state index contributed by atoms with van der Waals surface area (Å²) in [4.78, 5) is 12.7. The Labute approximate surface area is 180 Å². The van der Waals surface area contributed by atoms with Crippen molar-refractivity contribution in [2.24, 2.45) is 0 Å². The van der Waals surface area contributed by atoms with Crippen LogP contribution < -0.4 is 14.8 Å². The third-order valence-electron chi connectivity index (χ3n) is 5.27. The number of halogens is 1. The molecule has 1 amide bonds. The number of ether oxygens (including phenoxy) is 2. The number of carbonyl (C=O) groups is 1. The Hall–Kier alpha value is -2.13. The van der Waals surface area contributed by atoms with Gasteiger partial charge in [0.05, 0.1) is 23.8 Å². The van der Waals surface area contributed by atoms with E-state index < -0.39 is 10.0 Å². The summed E-state index contributed by atoms with van der Waals surface area (Å²) in [7, 11) is -3.88. The molecule has 0 unspecified atom stereocenters. The van der Waals surface area contributed by atoms with Crippen LogP contribution in [0.15, 0.2) is 47.4 Å². The van der Waals surface area contributed by atoms with Crippen LogP contribution in [0.4, 0.5) is 0 Å². The van der Waals surface area contributed by atoms with E-state index in [4.69, 9.17) is 21.1 Å². The molecule has 0 radical (unpaired) electrons. The highest BCUT2D eigenvalue weighted by Gasteiger charge is 2.26. The lowest BCUT2D eigenvalue weighted by Crippen LogP contribution is -2.33. The fraction of sp³-hybridized carbons (Fsp3) is 0.381. The van der Waals surface area contributed by atoms with E-state index >= 15 is 0 Å². The summed E-state index contributed by atoms with van der Waals surface area (Å²) in [5, 5.41) is 3.03. The van der Waals surface area contributed by atoms with Crippen LogP contribution in [0, 0.1) is 0 Å².